The SMILES string of the molecule is Cl.c1cnn(C2CC2)c1. The summed E-state index contributed by atoms with van der Waals surface area (Å²) in [6.45, 7) is 0. The standard InChI is InChI=1S/C6H8N2.ClH/c1-4-7-8(5-1)6-2-3-6;/h1,4-6H,2-3H2;1H. The zero-order valence-electron chi connectivity index (χ0n) is 5.03. The molecular formula is C6H9ClN2. The molecule has 1 fully saturated rings. The van der Waals surface area contributed by atoms with Gasteiger partial charge in [-0.3, -0.25) is 4.68 Å². The van der Waals surface area contributed by atoms with Crippen LogP contribution in [0.1, 0.15) is 18.9 Å². The Morgan fingerprint density at radius 1 is 1.44 bits per heavy atom. The van der Waals surface area contributed by atoms with Gasteiger partial charge in [0.05, 0.1) is 6.04 Å². The second-order valence-electron chi connectivity index (χ2n) is 2.22. The molecule has 0 bridgehead atoms. The van der Waals surface area contributed by atoms with Crippen molar-refractivity contribution in [1.29, 1.82) is 0 Å². The molecule has 2 nitrogen and oxygen atoms in total. The van der Waals surface area contributed by atoms with Crippen LogP contribution in [-0.4, -0.2) is 9.78 Å². The molecule has 0 atom stereocenters. The van der Waals surface area contributed by atoms with Gasteiger partial charge in [-0.1, -0.05) is 0 Å². The van der Waals surface area contributed by atoms with Crippen molar-refractivity contribution in [2.75, 3.05) is 0 Å². The van der Waals surface area contributed by atoms with Crippen molar-refractivity contribution in [3.05, 3.63) is 18.5 Å². The van der Waals surface area contributed by atoms with Crippen LogP contribution in [0, 0.1) is 0 Å². The Kier molecular flexibility index (Phi) is 1.76. The third-order valence-corrected chi connectivity index (χ3v) is 1.45. The van der Waals surface area contributed by atoms with E-state index in [1.54, 1.807) is 0 Å². The first-order chi connectivity index (χ1) is 3.97. The van der Waals surface area contributed by atoms with Gasteiger partial charge in [0, 0.05) is 12.4 Å². The van der Waals surface area contributed by atoms with E-state index in [0.717, 1.165) is 6.04 Å². The van der Waals surface area contributed by atoms with Crippen LogP contribution in [0.2, 0.25) is 0 Å². The lowest BCUT2D eigenvalue weighted by Crippen LogP contribution is -1.91. The fourth-order valence-electron chi connectivity index (χ4n) is 0.836. The predicted molar refractivity (Wildman–Crippen MR) is 37.7 cm³/mol. The number of halogens is 1. The maximum absolute atomic E-state index is 4.09. The van der Waals surface area contributed by atoms with Gasteiger partial charge in [0.2, 0.25) is 0 Å². The molecule has 9 heavy (non-hydrogen) atoms. The van der Waals surface area contributed by atoms with E-state index in [1.807, 2.05) is 23.1 Å². The van der Waals surface area contributed by atoms with Gasteiger partial charge >= 0.3 is 0 Å². The third kappa shape index (κ3) is 1.24. The molecule has 0 saturated heterocycles. The molecule has 1 aliphatic rings. The fraction of sp³-hybridized carbons (Fsp3) is 0.500. The quantitative estimate of drug-likeness (QED) is 0.586. The van der Waals surface area contributed by atoms with Crippen molar-refractivity contribution in [2.24, 2.45) is 0 Å². The maximum Gasteiger partial charge on any atom is 0.0520 e. The fourth-order valence-corrected chi connectivity index (χ4v) is 0.836. The monoisotopic (exact) mass is 144 g/mol. The van der Waals surface area contributed by atoms with Crippen LogP contribution < -0.4 is 0 Å². The van der Waals surface area contributed by atoms with Gasteiger partial charge in [-0.05, 0) is 18.9 Å². The molecule has 0 unspecified atom stereocenters. The molecule has 1 aromatic rings. The summed E-state index contributed by atoms with van der Waals surface area (Å²) >= 11 is 0. The smallest absolute Gasteiger partial charge is 0.0520 e. The minimum Gasteiger partial charge on any atom is -0.270 e. The van der Waals surface area contributed by atoms with Crippen molar-refractivity contribution < 1.29 is 0 Å². The Labute approximate surface area is 60.3 Å². The van der Waals surface area contributed by atoms with Gasteiger partial charge in [-0.25, -0.2) is 0 Å². The maximum atomic E-state index is 4.09. The third-order valence-electron chi connectivity index (χ3n) is 1.45. The lowest BCUT2D eigenvalue weighted by molar-refractivity contribution is 0.641. The molecule has 0 aliphatic heterocycles. The van der Waals surface area contributed by atoms with Crippen LogP contribution >= 0.6 is 12.4 Å². The van der Waals surface area contributed by atoms with Crippen LogP contribution in [0.15, 0.2) is 18.5 Å². The Balaban J connectivity index is 0.000000405. The predicted octanol–water partition coefficient (Wildman–Crippen LogP) is 1.64. The number of rotatable bonds is 1. The van der Waals surface area contributed by atoms with Crippen LogP contribution in [0.3, 0.4) is 0 Å². The Morgan fingerprint density at radius 3 is 2.67 bits per heavy atom. The highest BCUT2D eigenvalue weighted by atomic mass is 35.5. The molecule has 0 spiro atoms. The molecule has 0 radical (unpaired) electrons. The Morgan fingerprint density at radius 2 is 2.22 bits per heavy atom. The van der Waals surface area contributed by atoms with Crippen LogP contribution in [0.4, 0.5) is 0 Å². The van der Waals surface area contributed by atoms with E-state index in [0.29, 0.717) is 0 Å². The summed E-state index contributed by atoms with van der Waals surface area (Å²) < 4.78 is 2.03. The van der Waals surface area contributed by atoms with Crippen molar-refractivity contribution in [3.8, 4) is 0 Å². The summed E-state index contributed by atoms with van der Waals surface area (Å²) in [5, 5.41) is 4.09. The first-order valence-electron chi connectivity index (χ1n) is 2.96. The largest absolute Gasteiger partial charge is 0.270 e. The van der Waals surface area contributed by atoms with Crippen molar-refractivity contribution in [1.82, 2.24) is 9.78 Å². The van der Waals surface area contributed by atoms with Gasteiger partial charge in [-0.2, -0.15) is 5.10 Å². The van der Waals surface area contributed by atoms with E-state index in [-0.39, 0.29) is 12.4 Å². The topological polar surface area (TPSA) is 17.8 Å². The number of hydrogen-bond acceptors (Lipinski definition) is 1. The van der Waals surface area contributed by atoms with E-state index in [9.17, 15) is 0 Å². The molecule has 50 valence electrons. The van der Waals surface area contributed by atoms with Gasteiger partial charge in [0.15, 0.2) is 0 Å². The highest BCUT2D eigenvalue weighted by molar-refractivity contribution is 5.85. The highest BCUT2D eigenvalue weighted by Gasteiger charge is 2.22. The number of hydrogen-bond donors (Lipinski definition) is 0. The highest BCUT2D eigenvalue weighted by Crippen LogP contribution is 2.33. The molecule has 1 aliphatic carbocycles. The van der Waals surface area contributed by atoms with Gasteiger partial charge in [0.1, 0.15) is 0 Å². The first kappa shape index (κ1) is 6.62. The minimum absolute atomic E-state index is 0. The lowest BCUT2D eigenvalue weighted by Gasteiger charge is -1.91. The normalized spacial score (nSPS) is 16.9. The molecule has 1 aromatic heterocycles. The van der Waals surface area contributed by atoms with Crippen LogP contribution in [-0.2, 0) is 0 Å². The summed E-state index contributed by atoms with van der Waals surface area (Å²) in [6.07, 6.45) is 6.50. The number of nitrogens with zero attached hydrogens (tertiary/aromatic N) is 2. The van der Waals surface area contributed by atoms with Crippen molar-refractivity contribution in [3.63, 3.8) is 0 Å². The number of aromatic nitrogens is 2. The Bertz CT molecular complexity index is 167. The summed E-state index contributed by atoms with van der Waals surface area (Å²) in [5.41, 5.74) is 0. The van der Waals surface area contributed by atoms with E-state index in [4.69, 9.17) is 0 Å². The summed E-state index contributed by atoms with van der Waals surface area (Å²) in [7, 11) is 0. The van der Waals surface area contributed by atoms with E-state index < -0.39 is 0 Å². The average molecular weight is 145 g/mol. The summed E-state index contributed by atoms with van der Waals surface area (Å²) in [6, 6.07) is 2.71. The lowest BCUT2D eigenvalue weighted by atomic mass is 10.7. The van der Waals surface area contributed by atoms with Crippen molar-refractivity contribution in [2.45, 2.75) is 18.9 Å². The molecule has 0 N–H and O–H groups in total. The zero-order chi connectivity index (χ0) is 5.40. The summed E-state index contributed by atoms with van der Waals surface area (Å²) in [4.78, 5) is 0. The van der Waals surface area contributed by atoms with Crippen LogP contribution in [0.5, 0.6) is 0 Å². The minimum atomic E-state index is 0. The molecule has 0 amide bonds. The second-order valence-corrected chi connectivity index (χ2v) is 2.22. The molecule has 3 heteroatoms. The average Bonchev–Trinajstić information content (AvgIpc) is 2.49. The molecule has 1 saturated carbocycles. The van der Waals surface area contributed by atoms with E-state index in [2.05, 4.69) is 5.10 Å². The van der Waals surface area contributed by atoms with Gasteiger partial charge in [0.25, 0.3) is 0 Å². The van der Waals surface area contributed by atoms with Gasteiger partial charge < -0.3 is 0 Å². The molecular weight excluding hydrogens is 136 g/mol. The zero-order valence-corrected chi connectivity index (χ0v) is 5.84. The summed E-state index contributed by atoms with van der Waals surface area (Å²) in [5.74, 6) is 0. The van der Waals surface area contributed by atoms with Gasteiger partial charge in [-0.15, -0.1) is 12.4 Å². The Hall–Kier alpha value is -0.500. The molecule has 2 rings (SSSR count). The van der Waals surface area contributed by atoms with E-state index in [1.165, 1.54) is 12.8 Å². The van der Waals surface area contributed by atoms with Crippen molar-refractivity contribution >= 4 is 12.4 Å². The second kappa shape index (κ2) is 2.40. The first-order valence-corrected chi connectivity index (χ1v) is 2.96. The molecule has 0 aromatic carbocycles. The van der Waals surface area contributed by atoms with Crippen LogP contribution in [0.25, 0.3) is 0 Å². The van der Waals surface area contributed by atoms with E-state index >= 15 is 0 Å². The molecule has 1 heterocycles.